The Morgan fingerprint density at radius 1 is 1.03 bits per heavy atom. The number of para-hydroxylation sites is 1. The number of anilines is 1. The van der Waals surface area contributed by atoms with Crippen molar-refractivity contribution in [1.82, 2.24) is 20.9 Å². The van der Waals surface area contributed by atoms with Crippen LogP contribution >= 0.6 is 0 Å². The topological polar surface area (TPSA) is 89.1 Å². The molecule has 168 valence electrons. The molecule has 0 aliphatic heterocycles. The van der Waals surface area contributed by atoms with Crippen LogP contribution in [0.3, 0.4) is 0 Å². The normalized spacial score (nSPS) is 11.6. The van der Waals surface area contributed by atoms with E-state index >= 15 is 0 Å². The van der Waals surface area contributed by atoms with Crippen molar-refractivity contribution >= 4 is 23.5 Å². The van der Waals surface area contributed by atoms with Crippen LogP contribution in [0.25, 0.3) is 0 Å². The first-order chi connectivity index (χ1) is 14.2. The van der Waals surface area contributed by atoms with Crippen molar-refractivity contribution in [3.8, 4) is 0 Å². The van der Waals surface area contributed by atoms with E-state index in [1.54, 1.807) is 14.1 Å². The van der Waals surface area contributed by atoms with E-state index in [9.17, 15) is 9.59 Å². The second-order valence-electron chi connectivity index (χ2n) is 8.09. The first-order valence-corrected chi connectivity index (χ1v) is 10.4. The maximum Gasteiger partial charge on any atom is 0.243 e. The highest BCUT2D eigenvalue weighted by Crippen LogP contribution is 2.13. The summed E-state index contributed by atoms with van der Waals surface area (Å²) in [6.07, 6.45) is 0.896. The Morgan fingerprint density at radius 2 is 1.70 bits per heavy atom. The lowest BCUT2D eigenvalue weighted by Gasteiger charge is -2.25. The lowest BCUT2D eigenvalue weighted by atomic mass is 9.92. The summed E-state index contributed by atoms with van der Waals surface area (Å²) in [6.45, 7) is 8.28. The van der Waals surface area contributed by atoms with Crippen LogP contribution in [0.5, 0.6) is 0 Å². The zero-order chi connectivity index (χ0) is 22.6. The van der Waals surface area contributed by atoms with Crippen LogP contribution in [0.2, 0.25) is 0 Å². The van der Waals surface area contributed by atoms with Crippen molar-refractivity contribution in [2.75, 3.05) is 58.8 Å². The molecule has 2 amide bonds. The number of benzene rings is 1. The van der Waals surface area contributed by atoms with E-state index in [0.717, 1.165) is 13.0 Å². The second-order valence-corrected chi connectivity index (χ2v) is 8.09. The van der Waals surface area contributed by atoms with Crippen LogP contribution in [0.1, 0.15) is 27.2 Å². The molecular weight excluding hydrogens is 380 g/mol. The average Bonchev–Trinajstić information content (AvgIpc) is 2.72. The van der Waals surface area contributed by atoms with Gasteiger partial charge < -0.3 is 25.8 Å². The fourth-order valence-electron chi connectivity index (χ4n) is 2.58. The maximum atomic E-state index is 12.2. The minimum absolute atomic E-state index is 0.0225. The van der Waals surface area contributed by atoms with Gasteiger partial charge in [-0.15, -0.1) is 0 Å². The SMILES string of the molecule is CCNC(=O)C(C)(C)CNC(=NCC(=O)N(C)C)NCCCN(C)c1ccccc1. The molecule has 0 aliphatic rings. The second kappa shape index (κ2) is 12.7. The van der Waals surface area contributed by atoms with Crippen LogP contribution in [-0.2, 0) is 9.59 Å². The van der Waals surface area contributed by atoms with Gasteiger partial charge in [-0.05, 0) is 39.3 Å². The highest BCUT2D eigenvalue weighted by molar-refractivity contribution is 5.86. The van der Waals surface area contributed by atoms with E-state index in [-0.39, 0.29) is 18.4 Å². The van der Waals surface area contributed by atoms with Gasteiger partial charge in [0.15, 0.2) is 5.96 Å². The number of carbonyl (C=O) groups is 2. The van der Waals surface area contributed by atoms with Gasteiger partial charge in [0.1, 0.15) is 6.54 Å². The van der Waals surface area contributed by atoms with E-state index in [4.69, 9.17) is 0 Å². The molecule has 0 spiro atoms. The molecule has 8 nitrogen and oxygen atoms in total. The molecule has 1 rings (SSSR count). The van der Waals surface area contributed by atoms with Gasteiger partial charge in [-0.25, -0.2) is 4.99 Å². The number of guanidine groups is 1. The van der Waals surface area contributed by atoms with Gasteiger partial charge in [-0.1, -0.05) is 18.2 Å². The zero-order valence-corrected chi connectivity index (χ0v) is 19.3. The average molecular weight is 419 g/mol. The van der Waals surface area contributed by atoms with Crippen molar-refractivity contribution in [3.63, 3.8) is 0 Å². The zero-order valence-electron chi connectivity index (χ0n) is 19.3. The van der Waals surface area contributed by atoms with E-state index in [0.29, 0.717) is 25.6 Å². The molecule has 0 heterocycles. The number of rotatable bonds is 11. The molecule has 0 unspecified atom stereocenters. The molecule has 0 aliphatic carbocycles. The standard InChI is InChI=1S/C22H38N6O2/c1-7-23-20(30)22(2,3)17-26-21(25-16-19(29)27(4)5)24-14-11-15-28(6)18-12-9-8-10-13-18/h8-10,12-13H,7,11,14-17H2,1-6H3,(H,23,30)(H2,24,25,26). The van der Waals surface area contributed by atoms with E-state index in [1.807, 2.05) is 39.0 Å². The van der Waals surface area contributed by atoms with E-state index in [2.05, 4.69) is 45.0 Å². The van der Waals surface area contributed by atoms with Crippen molar-refractivity contribution in [2.24, 2.45) is 10.4 Å². The molecule has 0 radical (unpaired) electrons. The summed E-state index contributed by atoms with van der Waals surface area (Å²) < 4.78 is 0. The summed E-state index contributed by atoms with van der Waals surface area (Å²) in [7, 11) is 5.47. The largest absolute Gasteiger partial charge is 0.375 e. The number of nitrogens with one attached hydrogen (secondary N) is 3. The minimum atomic E-state index is -0.600. The molecule has 0 saturated carbocycles. The highest BCUT2D eigenvalue weighted by atomic mass is 16.2. The Labute approximate surface area is 181 Å². The van der Waals surface area contributed by atoms with Crippen molar-refractivity contribution < 1.29 is 9.59 Å². The fraction of sp³-hybridized carbons (Fsp3) is 0.591. The molecule has 8 heteroatoms. The third-order valence-corrected chi connectivity index (χ3v) is 4.68. The smallest absolute Gasteiger partial charge is 0.243 e. The summed E-state index contributed by atoms with van der Waals surface area (Å²) >= 11 is 0. The first-order valence-electron chi connectivity index (χ1n) is 10.4. The number of nitrogens with zero attached hydrogens (tertiary/aromatic N) is 3. The van der Waals surface area contributed by atoms with Gasteiger partial charge in [0.2, 0.25) is 11.8 Å². The molecule has 0 fully saturated rings. The molecule has 0 aromatic heterocycles. The molecule has 0 atom stereocenters. The number of likely N-dealkylation sites (N-methyl/N-ethyl adjacent to an activating group) is 1. The van der Waals surface area contributed by atoms with Crippen LogP contribution < -0.4 is 20.9 Å². The Balaban J connectivity index is 2.61. The van der Waals surface area contributed by atoms with Gasteiger partial charge in [0.25, 0.3) is 0 Å². The van der Waals surface area contributed by atoms with Crippen LogP contribution in [0.15, 0.2) is 35.3 Å². The maximum absolute atomic E-state index is 12.2. The monoisotopic (exact) mass is 418 g/mol. The summed E-state index contributed by atoms with van der Waals surface area (Å²) in [4.78, 5) is 32.2. The number of aliphatic imine (C=N–C) groups is 1. The Kier molecular flexibility index (Phi) is 10.7. The number of amides is 2. The summed E-state index contributed by atoms with van der Waals surface area (Å²) in [5.74, 6) is 0.429. The molecule has 3 N–H and O–H groups in total. The van der Waals surface area contributed by atoms with Crippen molar-refractivity contribution in [2.45, 2.75) is 27.2 Å². The molecule has 0 saturated heterocycles. The molecule has 0 bridgehead atoms. The highest BCUT2D eigenvalue weighted by Gasteiger charge is 2.27. The molecule has 1 aromatic carbocycles. The Bertz CT molecular complexity index is 688. The van der Waals surface area contributed by atoms with Gasteiger partial charge in [-0.2, -0.15) is 0 Å². The van der Waals surface area contributed by atoms with E-state index < -0.39 is 5.41 Å². The summed E-state index contributed by atoms with van der Waals surface area (Å²) in [5.41, 5.74) is 0.571. The van der Waals surface area contributed by atoms with E-state index in [1.165, 1.54) is 10.6 Å². The Morgan fingerprint density at radius 3 is 2.30 bits per heavy atom. The van der Waals surface area contributed by atoms with Crippen LogP contribution in [-0.4, -0.2) is 76.5 Å². The molecule has 30 heavy (non-hydrogen) atoms. The lowest BCUT2D eigenvalue weighted by Crippen LogP contribution is -2.48. The minimum Gasteiger partial charge on any atom is -0.375 e. The quantitative estimate of drug-likeness (QED) is 0.286. The van der Waals surface area contributed by atoms with Gasteiger partial charge >= 0.3 is 0 Å². The van der Waals surface area contributed by atoms with Crippen molar-refractivity contribution in [3.05, 3.63) is 30.3 Å². The van der Waals surface area contributed by atoms with Crippen LogP contribution in [0, 0.1) is 5.41 Å². The lowest BCUT2D eigenvalue weighted by molar-refractivity contribution is -0.129. The molecular formula is C22H38N6O2. The van der Waals surface area contributed by atoms with Crippen molar-refractivity contribution in [1.29, 1.82) is 0 Å². The third-order valence-electron chi connectivity index (χ3n) is 4.68. The summed E-state index contributed by atoms with van der Waals surface area (Å²) in [6, 6.07) is 10.2. The van der Waals surface area contributed by atoms with Gasteiger partial charge in [0.05, 0.1) is 5.41 Å². The first kappa shape index (κ1) is 25.3. The third kappa shape index (κ3) is 9.15. The molecule has 1 aromatic rings. The van der Waals surface area contributed by atoms with Gasteiger partial charge in [-0.3, -0.25) is 9.59 Å². The van der Waals surface area contributed by atoms with Gasteiger partial charge in [0, 0.05) is 53.0 Å². The predicted octanol–water partition coefficient (Wildman–Crippen LogP) is 1.30. The van der Waals surface area contributed by atoms with Crippen LogP contribution in [0.4, 0.5) is 5.69 Å². The summed E-state index contributed by atoms with van der Waals surface area (Å²) in [5, 5.41) is 9.33. The number of carbonyl (C=O) groups excluding carboxylic acids is 2. The predicted molar refractivity (Wildman–Crippen MR) is 124 cm³/mol. The number of hydrogen-bond acceptors (Lipinski definition) is 4. The number of hydrogen-bond donors (Lipinski definition) is 3. The Hall–Kier alpha value is -2.77. The fourth-order valence-corrected chi connectivity index (χ4v) is 2.58.